The Bertz CT molecular complexity index is 1130. The standard InChI is InChI=1S/C26H29N5O4/c32-22(30-14-12-18(13-15-30)29-26(35)28-17-6-2-1-3-7-17)16-27-24(33)23-20-8-4-5-9-21(20)25(34)31(23)19-10-11-19/h1-9,18-19,23H,10-16H2,(H,27,33)(H2,28,29,35). The summed E-state index contributed by atoms with van der Waals surface area (Å²) in [5.41, 5.74) is 1.99. The van der Waals surface area contributed by atoms with Crippen LogP contribution in [0.4, 0.5) is 10.5 Å². The number of nitrogens with one attached hydrogen (secondary N) is 3. The number of urea groups is 1. The van der Waals surface area contributed by atoms with Crippen molar-refractivity contribution in [3.05, 3.63) is 65.7 Å². The molecule has 2 aliphatic heterocycles. The third-order valence-corrected chi connectivity index (χ3v) is 6.82. The maximum atomic E-state index is 13.1. The molecule has 1 aliphatic carbocycles. The highest BCUT2D eigenvalue weighted by Crippen LogP contribution is 2.41. The molecule has 2 aromatic rings. The Morgan fingerprint density at radius 2 is 1.57 bits per heavy atom. The zero-order valence-electron chi connectivity index (χ0n) is 19.4. The van der Waals surface area contributed by atoms with Gasteiger partial charge in [-0.15, -0.1) is 0 Å². The number of anilines is 1. The van der Waals surface area contributed by atoms with Crippen LogP contribution in [0.2, 0.25) is 0 Å². The molecule has 9 nitrogen and oxygen atoms in total. The number of nitrogens with zero attached hydrogens (tertiary/aromatic N) is 2. The molecule has 0 spiro atoms. The Balaban J connectivity index is 1.10. The fraction of sp³-hybridized carbons (Fsp3) is 0.385. The molecular formula is C26H29N5O4. The van der Waals surface area contributed by atoms with Gasteiger partial charge in [-0.25, -0.2) is 4.79 Å². The lowest BCUT2D eigenvalue weighted by Gasteiger charge is -2.32. The monoisotopic (exact) mass is 475 g/mol. The molecule has 1 unspecified atom stereocenters. The van der Waals surface area contributed by atoms with Gasteiger partial charge >= 0.3 is 6.03 Å². The first kappa shape index (κ1) is 22.9. The van der Waals surface area contributed by atoms with E-state index in [0.29, 0.717) is 37.1 Å². The Kier molecular flexibility index (Phi) is 6.39. The summed E-state index contributed by atoms with van der Waals surface area (Å²) in [6, 6.07) is 15.5. The van der Waals surface area contributed by atoms with E-state index in [1.807, 2.05) is 42.5 Å². The molecule has 2 fully saturated rings. The molecule has 9 heteroatoms. The zero-order chi connectivity index (χ0) is 24.4. The summed E-state index contributed by atoms with van der Waals surface area (Å²) in [5.74, 6) is -0.598. The summed E-state index contributed by atoms with van der Waals surface area (Å²) in [5, 5.41) is 8.52. The maximum absolute atomic E-state index is 13.1. The number of hydrogen-bond acceptors (Lipinski definition) is 4. The zero-order valence-corrected chi connectivity index (χ0v) is 19.4. The summed E-state index contributed by atoms with van der Waals surface area (Å²) in [6.07, 6.45) is 3.08. The van der Waals surface area contributed by atoms with Crippen LogP contribution in [-0.4, -0.2) is 65.3 Å². The highest BCUT2D eigenvalue weighted by Gasteiger charge is 2.47. The number of carbonyl (C=O) groups excluding carboxylic acids is 4. The van der Waals surface area contributed by atoms with Crippen LogP contribution in [0, 0.1) is 0 Å². The predicted molar refractivity (Wildman–Crippen MR) is 130 cm³/mol. The molecule has 5 amide bonds. The maximum Gasteiger partial charge on any atom is 0.319 e. The number of rotatable bonds is 6. The average Bonchev–Trinajstić information content (AvgIpc) is 3.67. The summed E-state index contributed by atoms with van der Waals surface area (Å²) in [7, 11) is 0. The van der Waals surface area contributed by atoms with Gasteiger partial charge in [-0.3, -0.25) is 14.4 Å². The molecule has 35 heavy (non-hydrogen) atoms. The van der Waals surface area contributed by atoms with E-state index in [9.17, 15) is 19.2 Å². The normalized spacial score (nSPS) is 19.8. The minimum Gasteiger partial charge on any atom is -0.345 e. The molecule has 182 valence electrons. The van der Waals surface area contributed by atoms with Gasteiger partial charge < -0.3 is 25.8 Å². The number of likely N-dealkylation sites (tertiary alicyclic amines) is 1. The fourth-order valence-corrected chi connectivity index (χ4v) is 4.85. The van der Waals surface area contributed by atoms with Crippen molar-refractivity contribution in [2.45, 2.75) is 43.8 Å². The summed E-state index contributed by atoms with van der Waals surface area (Å²) in [4.78, 5) is 54.2. The van der Waals surface area contributed by atoms with E-state index < -0.39 is 6.04 Å². The van der Waals surface area contributed by atoms with E-state index in [0.717, 1.165) is 18.5 Å². The van der Waals surface area contributed by atoms with Crippen molar-refractivity contribution in [2.75, 3.05) is 25.0 Å². The first-order valence-corrected chi connectivity index (χ1v) is 12.1. The van der Waals surface area contributed by atoms with Crippen molar-refractivity contribution >= 4 is 29.4 Å². The Morgan fingerprint density at radius 3 is 2.29 bits per heavy atom. The second kappa shape index (κ2) is 9.77. The first-order chi connectivity index (χ1) is 17.0. The molecule has 1 atom stereocenters. The lowest BCUT2D eigenvalue weighted by Crippen LogP contribution is -2.50. The topological polar surface area (TPSA) is 111 Å². The average molecular weight is 476 g/mol. The van der Waals surface area contributed by atoms with Gasteiger partial charge in [0.15, 0.2) is 0 Å². The minimum absolute atomic E-state index is 0.0227. The van der Waals surface area contributed by atoms with Crippen LogP contribution in [0.1, 0.15) is 47.6 Å². The number of para-hydroxylation sites is 1. The molecule has 5 rings (SSSR count). The lowest BCUT2D eigenvalue weighted by molar-refractivity contribution is -0.134. The second-order valence-electron chi connectivity index (χ2n) is 9.27. The third-order valence-electron chi connectivity index (χ3n) is 6.82. The quantitative estimate of drug-likeness (QED) is 0.595. The molecule has 3 N–H and O–H groups in total. The van der Waals surface area contributed by atoms with Gasteiger partial charge in [-0.1, -0.05) is 36.4 Å². The van der Waals surface area contributed by atoms with Crippen LogP contribution in [0.3, 0.4) is 0 Å². The molecule has 0 bridgehead atoms. The summed E-state index contributed by atoms with van der Waals surface area (Å²) in [6.45, 7) is 0.894. The molecule has 2 heterocycles. The number of hydrogen-bond donors (Lipinski definition) is 3. The van der Waals surface area contributed by atoms with Crippen LogP contribution < -0.4 is 16.0 Å². The number of amides is 5. The molecule has 0 aromatic heterocycles. The smallest absolute Gasteiger partial charge is 0.319 e. The molecule has 1 saturated carbocycles. The number of piperidine rings is 1. The lowest BCUT2D eigenvalue weighted by atomic mass is 10.0. The van der Waals surface area contributed by atoms with Gasteiger partial charge in [-0.05, 0) is 49.4 Å². The predicted octanol–water partition coefficient (Wildman–Crippen LogP) is 2.27. The van der Waals surface area contributed by atoms with Crippen LogP contribution in [-0.2, 0) is 9.59 Å². The van der Waals surface area contributed by atoms with E-state index in [2.05, 4.69) is 16.0 Å². The summed E-state index contributed by atoms with van der Waals surface area (Å²) < 4.78 is 0. The van der Waals surface area contributed by atoms with Gasteiger partial charge in [0.25, 0.3) is 5.91 Å². The van der Waals surface area contributed by atoms with Crippen molar-refractivity contribution in [1.82, 2.24) is 20.4 Å². The molecule has 3 aliphatic rings. The Labute approximate surface area is 203 Å². The highest BCUT2D eigenvalue weighted by molar-refractivity contribution is 6.05. The molecule has 2 aromatic carbocycles. The van der Waals surface area contributed by atoms with Crippen LogP contribution in [0.5, 0.6) is 0 Å². The Morgan fingerprint density at radius 1 is 0.886 bits per heavy atom. The van der Waals surface area contributed by atoms with Gasteiger partial charge in [0.1, 0.15) is 6.04 Å². The number of fused-ring (bicyclic) bond motifs is 1. The van der Waals surface area contributed by atoms with E-state index in [1.165, 1.54) is 0 Å². The van der Waals surface area contributed by atoms with E-state index >= 15 is 0 Å². The molecular weight excluding hydrogens is 446 g/mol. The SMILES string of the molecule is O=C(Nc1ccccc1)NC1CCN(C(=O)CNC(=O)C2c3ccccc3C(=O)N2C2CC2)CC1. The van der Waals surface area contributed by atoms with E-state index in [-0.39, 0.29) is 42.4 Å². The molecule has 0 radical (unpaired) electrons. The van der Waals surface area contributed by atoms with Crippen molar-refractivity contribution < 1.29 is 19.2 Å². The minimum atomic E-state index is -0.683. The van der Waals surface area contributed by atoms with E-state index in [1.54, 1.807) is 21.9 Å². The summed E-state index contributed by atoms with van der Waals surface area (Å²) >= 11 is 0. The highest BCUT2D eigenvalue weighted by atomic mass is 16.2. The van der Waals surface area contributed by atoms with Crippen molar-refractivity contribution in [3.8, 4) is 0 Å². The van der Waals surface area contributed by atoms with Gasteiger partial charge in [-0.2, -0.15) is 0 Å². The van der Waals surface area contributed by atoms with Gasteiger partial charge in [0.05, 0.1) is 6.54 Å². The van der Waals surface area contributed by atoms with Crippen molar-refractivity contribution in [2.24, 2.45) is 0 Å². The van der Waals surface area contributed by atoms with Gasteiger partial charge in [0.2, 0.25) is 11.8 Å². The number of carbonyl (C=O) groups is 4. The number of benzene rings is 2. The van der Waals surface area contributed by atoms with Crippen LogP contribution >= 0.6 is 0 Å². The largest absolute Gasteiger partial charge is 0.345 e. The van der Waals surface area contributed by atoms with Crippen molar-refractivity contribution in [3.63, 3.8) is 0 Å². The van der Waals surface area contributed by atoms with Crippen LogP contribution in [0.15, 0.2) is 54.6 Å². The Hall–Kier alpha value is -3.88. The fourth-order valence-electron chi connectivity index (χ4n) is 4.85. The van der Waals surface area contributed by atoms with Crippen LogP contribution in [0.25, 0.3) is 0 Å². The first-order valence-electron chi connectivity index (χ1n) is 12.1. The van der Waals surface area contributed by atoms with E-state index in [4.69, 9.17) is 0 Å². The molecule has 1 saturated heterocycles. The van der Waals surface area contributed by atoms with Crippen molar-refractivity contribution in [1.29, 1.82) is 0 Å². The second-order valence-corrected chi connectivity index (χ2v) is 9.27. The van der Waals surface area contributed by atoms with Gasteiger partial charge in [0, 0.05) is 36.4 Å². The third kappa shape index (κ3) is 4.99.